The highest BCUT2D eigenvalue weighted by Crippen LogP contribution is 1.97. The molecule has 1 heterocycles. The lowest BCUT2D eigenvalue weighted by Crippen LogP contribution is -2.25. The highest BCUT2D eigenvalue weighted by Gasteiger charge is 2.02. The third-order valence-corrected chi connectivity index (χ3v) is 2.44. The van der Waals surface area contributed by atoms with Crippen molar-refractivity contribution in [1.29, 1.82) is 0 Å². The zero-order valence-electron chi connectivity index (χ0n) is 9.54. The number of carbonyl (C=O) groups excluding carboxylic acids is 1. The Morgan fingerprint density at radius 1 is 1.24 bits per heavy atom. The lowest BCUT2D eigenvalue weighted by Gasteiger charge is -2.05. The van der Waals surface area contributed by atoms with Gasteiger partial charge in [0.15, 0.2) is 0 Å². The van der Waals surface area contributed by atoms with Crippen LogP contribution in [0.2, 0.25) is 0 Å². The van der Waals surface area contributed by atoms with Gasteiger partial charge < -0.3 is 5.32 Å². The lowest BCUT2D eigenvalue weighted by atomic mass is 10.2. The number of nitrogens with one attached hydrogen (secondary N) is 1. The first-order valence-corrected chi connectivity index (χ1v) is 5.67. The molecule has 0 saturated carbocycles. The van der Waals surface area contributed by atoms with Crippen LogP contribution in [0.5, 0.6) is 0 Å². The summed E-state index contributed by atoms with van der Waals surface area (Å²) >= 11 is 0. The van der Waals surface area contributed by atoms with Crippen LogP contribution in [0.15, 0.2) is 48.8 Å². The molecule has 1 amide bonds. The zero-order chi connectivity index (χ0) is 11.9. The normalized spacial score (nSPS) is 10.1. The number of hydrogen-bond acceptors (Lipinski definition) is 2. The third-order valence-electron chi connectivity index (χ3n) is 2.44. The Hall–Kier alpha value is -2.10. The van der Waals surface area contributed by atoms with Gasteiger partial charge in [-0.15, -0.1) is 0 Å². The van der Waals surface area contributed by atoms with Gasteiger partial charge in [0, 0.05) is 31.0 Å². The van der Waals surface area contributed by atoms with Gasteiger partial charge in [-0.2, -0.15) is 5.10 Å². The van der Waals surface area contributed by atoms with E-state index in [9.17, 15) is 4.79 Å². The first-order valence-electron chi connectivity index (χ1n) is 5.67. The summed E-state index contributed by atoms with van der Waals surface area (Å²) in [4.78, 5) is 11.7. The van der Waals surface area contributed by atoms with Gasteiger partial charge in [-0.25, -0.2) is 0 Å². The summed E-state index contributed by atoms with van der Waals surface area (Å²) in [7, 11) is 0. The molecule has 4 nitrogen and oxygen atoms in total. The minimum absolute atomic E-state index is 0.0222. The number of benzene rings is 1. The van der Waals surface area contributed by atoms with Crippen molar-refractivity contribution in [1.82, 2.24) is 15.1 Å². The Labute approximate surface area is 100 Å². The van der Waals surface area contributed by atoms with Gasteiger partial charge in [-0.05, 0) is 24.6 Å². The van der Waals surface area contributed by atoms with Gasteiger partial charge in [0.25, 0.3) is 5.91 Å². The molecule has 17 heavy (non-hydrogen) atoms. The van der Waals surface area contributed by atoms with E-state index >= 15 is 0 Å². The number of nitrogens with zero attached hydrogens (tertiary/aromatic N) is 2. The summed E-state index contributed by atoms with van der Waals surface area (Å²) in [6.45, 7) is 1.48. The third kappa shape index (κ3) is 3.45. The zero-order valence-corrected chi connectivity index (χ0v) is 9.54. The Morgan fingerprint density at radius 3 is 2.76 bits per heavy atom. The fraction of sp³-hybridized carbons (Fsp3) is 0.231. The van der Waals surface area contributed by atoms with E-state index in [2.05, 4.69) is 10.4 Å². The van der Waals surface area contributed by atoms with Gasteiger partial charge in [-0.3, -0.25) is 9.48 Å². The van der Waals surface area contributed by atoms with Gasteiger partial charge in [0.2, 0.25) is 0 Å². The maximum absolute atomic E-state index is 11.7. The monoisotopic (exact) mass is 229 g/mol. The molecule has 0 fully saturated rings. The number of aromatic nitrogens is 2. The van der Waals surface area contributed by atoms with Crippen LogP contribution in [-0.2, 0) is 6.54 Å². The predicted octanol–water partition coefficient (Wildman–Crippen LogP) is 1.70. The summed E-state index contributed by atoms with van der Waals surface area (Å²) in [5, 5.41) is 6.98. The van der Waals surface area contributed by atoms with E-state index in [0.717, 1.165) is 13.0 Å². The minimum Gasteiger partial charge on any atom is -0.352 e. The Kier molecular flexibility index (Phi) is 3.91. The summed E-state index contributed by atoms with van der Waals surface area (Å²) in [5.74, 6) is -0.0222. The van der Waals surface area contributed by atoms with Gasteiger partial charge in [0.05, 0.1) is 0 Å². The largest absolute Gasteiger partial charge is 0.352 e. The first-order chi connectivity index (χ1) is 8.36. The lowest BCUT2D eigenvalue weighted by molar-refractivity contribution is 0.0952. The van der Waals surface area contributed by atoms with Crippen molar-refractivity contribution in [2.45, 2.75) is 13.0 Å². The van der Waals surface area contributed by atoms with Crippen molar-refractivity contribution in [2.75, 3.05) is 6.54 Å². The fourth-order valence-corrected chi connectivity index (χ4v) is 1.57. The molecule has 0 aliphatic rings. The van der Waals surface area contributed by atoms with E-state index in [1.165, 1.54) is 0 Å². The van der Waals surface area contributed by atoms with E-state index in [1.54, 1.807) is 6.20 Å². The molecule has 0 bridgehead atoms. The Bertz CT molecular complexity index is 451. The first kappa shape index (κ1) is 11.4. The van der Waals surface area contributed by atoms with Crippen molar-refractivity contribution in [2.24, 2.45) is 0 Å². The second kappa shape index (κ2) is 5.84. The molecule has 0 aliphatic carbocycles. The average molecular weight is 229 g/mol. The summed E-state index contributed by atoms with van der Waals surface area (Å²) < 4.78 is 1.86. The molecule has 1 aromatic heterocycles. The van der Waals surface area contributed by atoms with Crippen LogP contribution >= 0.6 is 0 Å². The predicted molar refractivity (Wildman–Crippen MR) is 65.6 cm³/mol. The SMILES string of the molecule is O=C(NCCCn1cccn1)c1ccccc1. The summed E-state index contributed by atoms with van der Waals surface area (Å²) in [6, 6.07) is 11.1. The molecule has 1 aromatic carbocycles. The molecule has 0 unspecified atom stereocenters. The molecule has 2 aromatic rings. The average Bonchev–Trinajstić information content (AvgIpc) is 2.88. The number of rotatable bonds is 5. The van der Waals surface area contributed by atoms with Crippen molar-refractivity contribution in [3.8, 4) is 0 Å². The van der Waals surface area contributed by atoms with Crippen LogP contribution in [-0.4, -0.2) is 22.2 Å². The number of amides is 1. The molecule has 1 N–H and O–H groups in total. The van der Waals surface area contributed by atoms with Crippen LogP contribution in [0, 0.1) is 0 Å². The smallest absolute Gasteiger partial charge is 0.251 e. The number of aryl methyl sites for hydroxylation is 1. The molecule has 0 spiro atoms. The molecule has 0 aliphatic heterocycles. The highest BCUT2D eigenvalue weighted by molar-refractivity contribution is 5.94. The van der Waals surface area contributed by atoms with E-state index in [0.29, 0.717) is 12.1 Å². The maximum Gasteiger partial charge on any atom is 0.251 e. The molecule has 0 saturated heterocycles. The van der Waals surface area contributed by atoms with Gasteiger partial charge >= 0.3 is 0 Å². The maximum atomic E-state index is 11.7. The van der Waals surface area contributed by atoms with Crippen LogP contribution < -0.4 is 5.32 Å². The second-order valence-electron chi connectivity index (χ2n) is 3.74. The van der Waals surface area contributed by atoms with Crippen LogP contribution in [0.4, 0.5) is 0 Å². The van der Waals surface area contributed by atoms with E-state index < -0.39 is 0 Å². The highest BCUT2D eigenvalue weighted by atomic mass is 16.1. The Morgan fingerprint density at radius 2 is 2.06 bits per heavy atom. The van der Waals surface area contributed by atoms with Gasteiger partial charge in [0.1, 0.15) is 0 Å². The molecule has 88 valence electrons. The van der Waals surface area contributed by atoms with Gasteiger partial charge in [-0.1, -0.05) is 18.2 Å². The van der Waals surface area contributed by atoms with Crippen molar-refractivity contribution >= 4 is 5.91 Å². The summed E-state index contributed by atoms with van der Waals surface area (Å²) in [6.07, 6.45) is 4.54. The van der Waals surface area contributed by atoms with Crippen LogP contribution in [0.3, 0.4) is 0 Å². The standard InChI is InChI=1S/C13H15N3O/c17-13(12-6-2-1-3-7-12)14-8-4-10-16-11-5-9-15-16/h1-3,5-7,9,11H,4,8,10H2,(H,14,17). The van der Waals surface area contributed by atoms with E-state index in [1.807, 2.05) is 47.3 Å². The van der Waals surface area contributed by atoms with Crippen molar-refractivity contribution < 1.29 is 4.79 Å². The quantitative estimate of drug-likeness (QED) is 0.793. The topological polar surface area (TPSA) is 46.9 Å². The molecule has 0 radical (unpaired) electrons. The summed E-state index contributed by atoms with van der Waals surface area (Å²) in [5.41, 5.74) is 0.701. The Balaban J connectivity index is 1.70. The molecular formula is C13H15N3O. The number of hydrogen-bond donors (Lipinski definition) is 1. The van der Waals surface area contributed by atoms with Crippen molar-refractivity contribution in [3.63, 3.8) is 0 Å². The molecule has 2 rings (SSSR count). The number of carbonyl (C=O) groups is 1. The molecular weight excluding hydrogens is 214 g/mol. The van der Waals surface area contributed by atoms with Crippen LogP contribution in [0.25, 0.3) is 0 Å². The molecule has 0 atom stereocenters. The minimum atomic E-state index is -0.0222. The second-order valence-corrected chi connectivity index (χ2v) is 3.74. The van der Waals surface area contributed by atoms with Crippen molar-refractivity contribution in [3.05, 3.63) is 54.4 Å². The van der Waals surface area contributed by atoms with E-state index in [4.69, 9.17) is 0 Å². The van der Waals surface area contributed by atoms with Crippen LogP contribution in [0.1, 0.15) is 16.8 Å². The van der Waals surface area contributed by atoms with E-state index in [-0.39, 0.29) is 5.91 Å². The fourth-order valence-electron chi connectivity index (χ4n) is 1.57. The molecule has 4 heteroatoms.